The second kappa shape index (κ2) is 9.23. The van der Waals surface area contributed by atoms with Gasteiger partial charge in [0.2, 0.25) is 15.9 Å². The number of nitrogens with zero attached hydrogens (tertiary/aromatic N) is 2. The summed E-state index contributed by atoms with van der Waals surface area (Å²) in [5, 5.41) is 2.04. The molecule has 27 heavy (non-hydrogen) atoms. The van der Waals surface area contributed by atoms with Gasteiger partial charge in [-0.05, 0) is 36.9 Å². The molecule has 0 N–H and O–H groups in total. The van der Waals surface area contributed by atoms with Gasteiger partial charge in [0.15, 0.2) is 0 Å². The molecule has 3 rings (SSSR count). The number of aryl methyl sites for hydroxylation is 1. The van der Waals surface area contributed by atoms with Gasteiger partial charge in [0.25, 0.3) is 0 Å². The molecule has 0 atom stereocenters. The van der Waals surface area contributed by atoms with Crippen molar-refractivity contribution in [2.24, 2.45) is 0 Å². The fourth-order valence-corrected chi connectivity index (χ4v) is 6.21. The predicted octanol–water partition coefficient (Wildman–Crippen LogP) is 3.21. The van der Waals surface area contributed by atoms with E-state index in [0.29, 0.717) is 43.2 Å². The molecule has 0 spiro atoms. The predicted molar refractivity (Wildman–Crippen MR) is 112 cm³/mol. The first-order valence-electron chi connectivity index (χ1n) is 8.91. The van der Waals surface area contributed by atoms with Crippen LogP contribution in [0.2, 0.25) is 0 Å². The third kappa shape index (κ3) is 5.34. The quantitative estimate of drug-likeness (QED) is 0.715. The lowest BCUT2D eigenvalue weighted by atomic mass is 10.2. The van der Waals surface area contributed by atoms with Crippen LogP contribution in [-0.2, 0) is 20.6 Å². The van der Waals surface area contributed by atoms with Crippen LogP contribution in [0, 0.1) is 6.92 Å². The Morgan fingerprint density at radius 3 is 2.59 bits per heavy atom. The maximum Gasteiger partial charge on any atom is 0.243 e. The Balaban J connectivity index is 1.54. The van der Waals surface area contributed by atoms with Gasteiger partial charge in [-0.15, -0.1) is 23.1 Å². The molecule has 5 nitrogen and oxygen atoms in total. The van der Waals surface area contributed by atoms with E-state index >= 15 is 0 Å². The summed E-state index contributed by atoms with van der Waals surface area (Å²) >= 11 is 3.31. The summed E-state index contributed by atoms with van der Waals surface area (Å²) in [6.45, 7) is 3.78. The van der Waals surface area contributed by atoms with Crippen molar-refractivity contribution in [3.8, 4) is 0 Å². The number of hydrogen-bond acceptors (Lipinski definition) is 5. The molecule has 146 valence electrons. The van der Waals surface area contributed by atoms with Crippen molar-refractivity contribution in [1.82, 2.24) is 9.21 Å². The lowest BCUT2D eigenvalue weighted by Gasteiger charge is -2.22. The molecule has 2 aromatic rings. The van der Waals surface area contributed by atoms with E-state index in [4.69, 9.17) is 0 Å². The largest absolute Gasteiger partial charge is 0.341 e. The monoisotopic (exact) mass is 424 g/mol. The first-order chi connectivity index (χ1) is 13.0. The Morgan fingerprint density at radius 2 is 1.89 bits per heavy atom. The molecule has 0 aliphatic carbocycles. The Hall–Kier alpha value is -1.35. The maximum atomic E-state index is 12.9. The summed E-state index contributed by atoms with van der Waals surface area (Å²) in [5.41, 5.74) is 1.03. The molecule has 1 aromatic carbocycles. The lowest BCUT2D eigenvalue weighted by molar-refractivity contribution is -0.128. The highest BCUT2D eigenvalue weighted by atomic mass is 32.2. The van der Waals surface area contributed by atoms with Crippen LogP contribution in [0.4, 0.5) is 0 Å². The van der Waals surface area contributed by atoms with E-state index in [1.807, 2.05) is 30.5 Å². The molecule has 1 amide bonds. The summed E-state index contributed by atoms with van der Waals surface area (Å²) in [5.74, 6) is 1.36. The number of benzene rings is 1. The van der Waals surface area contributed by atoms with Crippen LogP contribution in [0.25, 0.3) is 0 Å². The minimum Gasteiger partial charge on any atom is -0.341 e. The smallest absolute Gasteiger partial charge is 0.243 e. The Bertz CT molecular complexity index is 849. The van der Waals surface area contributed by atoms with Crippen molar-refractivity contribution in [1.29, 1.82) is 0 Å². The van der Waals surface area contributed by atoms with E-state index in [2.05, 4.69) is 6.07 Å². The lowest BCUT2D eigenvalue weighted by Crippen LogP contribution is -2.38. The number of thiophene rings is 1. The fraction of sp³-hybridized carbons (Fsp3) is 0.421. The summed E-state index contributed by atoms with van der Waals surface area (Å²) in [7, 11) is -3.51. The van der Waals surface area contributed by atoms with Crippen molar-refractivity contribution >= 4 is 39.0 Å². The normalized spacial score (nSPS) is 16.3. The SMILES string of the molecule is Cc1ccc(S(=O)(=O)N2CCCN(C(=O)CSCc3cccs3)CC2)cc1. The van der Waals surface area contributed by atoms with Gasteiger partial charge in [-0.3, -0.25) is 4.79 Å². The summed E-state index contributed by atoms with van der Waals surface area (Å²) in [4.78, 5) is 15.9. The van der Waals surface area contributed by atoms with Crippen LogP contribution in [-0.4, -0.2) is 55.5 Å². The standard InChI is InChI=1S/C19H24N2O3S3/c1-16-5-7-18(8-6-16)27(23,24)21-10-3-9-20(11-12-21)19(22)15-25-14-17-4-2-13-26-17/h2,4-8,13H,3,9-12,14-15H2,1H3. The molecule has 1 aliphatic heterocycles. The van der Waals surface area contributed by atoms with Crippen molar-refractivity contribution in [2.75, 3.05) is 31.9 Å². The zero-order valence-corrected chi connectivity index (χ0v) is 17.8. The number of carbonyl (C=O) groups excluding carboxylic acids is 1. The van der Waals surface area contributed by atoms with E-state index in [0.717, 1.165) is 11.3 Å². The van der Waals surface area contributed by atoms with Gasteiger partial charge >= 0.3 is 0 Å². The summed E-state index contributed by atoms with van der Waals surface area (Å²) in [6.07, 6.45) is 0.659. The Labute approximate surface area is 169 Å². The van der Waals surface area contributed by atoms with Gasteiger partial charge in [-0.2, -0.15) is 4.31 Å². The highest BCUT2D eigenvalue weighted by Crippen LogP contribution is 2.20. The van der Waals surface area contributed by atoms with Crippen LogP contribution in [0.15, 0.2) is 46.7 Å². The van der Waals surface area contributed by atoms with Crippen LogP contribution in [0.1, 0.15) is 16.9 Å². The average Bonchev–Trinajstić information content (AvgIpc) is 3.03. The second-order valence-corrected chi connectivity index (χ2v) is 10.5. The highest BCUT2D eigenvalue weighted by Gasteiger charge is 2.28. The summed E-state index contributed by atoms with van der Waals surface area (Å²) in [6, 6.07) is 11.0. The van der Waals surface area contributed by atoms with Crippen molar-refractivity contribution in [3.63, 3.8) is 0 Å². The number of thioether (sulfide) groups is 1. The van der Waals surface area contributed by atoms with E-state index in [-0.39, 0.29) is 5.91 Å². The molecule has 0 saturated carbocycles. The zero-order chi connectivity index (χ0) is 19.3. The number of hydrogen-bond donors (Lipinski definition) is 0. The third-order valence-corrected chi connectivity index (χ3v) is 8.45. The molecular weight excluding hydrogens is 400 g/mol. The van der Waals surface area contributed by atoms with E-state index in [1.54, 1.807) is 40.1 Å². The molecule has 0 bridgehead atoms. The molecule has 1 fully saturated rings. The average molecular weight is 425 g/mol. The molecular formula is C19H24N2O3S3. The van der Waals surface area contributed by atoms with Gasteiger partial charge in [0.05, 0.1) is 10.6 Å². The van der Waals surface area contributed by atoms with E-state index in [1.165, 1.54) is 9.18 Å². The maximum absolute atomic E-state index is 12.9. The topological polar surface area (TPSA) is 57.7 Å². The van der Waals surface area contributed by atoms with Crippen molar-refractivity contribution in [3.05, 3.63) is 52.2 Å². The van der Waals surface area contributed by atoms with Gasteiger partial charge < -0.3 is 4.90 Å². The van der Waals surface area contributed by atoms with Crippen molar-refractivity contribution < 1.29 is 13.2 Å². The first kappa shape index (κ1) is 20.4. The molecule has 0 unspecified atom stereocenters. The molecule has 2 heterocycles. The van der Waals surface area contributed by atoms with Crippen LogP contribution in [0.5, 0.6) is 0 Å². The second-order valence-electron chi connectivity index (χ2n) is 6.52. The molecule has 8 heteroatoms. The number of carbonyl (C=O) groups is 1. The number of amides is 1. The van der Waals surface area contributed by atoms with E-state index in [9.17, 15) is 13.2 Å². The minimum absolute atomic E-state index is 0.0890. The van der Waals surface area contributed by atoms with Gasteiger partial charge in [-0.25, -0.2) is 8.42 Å². The highest BCUT2D eigenvalue weighted by molar-refractivity contribution is 7.99. The number of rotatable bonds is 6. The fourth-order valence-electron chi connectivity index (χ4n) is 2.97. The molecule has 1 aliphatic rings. The molecule has 0 radical (unpaired) electrons. The summed E-state index contributed by atoms with van der Waals surface area (Å²) < 4.78 is 27.2. The van der Waals surface area contributed by atoms with Gasteiger partial charge in [0, 0.05) is 36.8 Å². The van der Waals surface area contributed by atoms with Gasteiger partial charge in [-0.1, -0.05) is 23.8 Å². The Morgan fingerprint density at radius 1 is 1.11 bits per heavy atom. The first-order valence-corrected chi connectivity index (χ1v) is 12.4. The van der Waals surface area contributed by atoms with Crippen LogP contribution in [0.3, 0.4) is 0 Å². The van der Waals surface area contributed by atoms with Gasteiger partial charge in [0.1, 0.15) is 0 Å². The zero-order valence-electron chi connectivity index (χ0n) is 15.3. The molecule has 1 saturated heterocycles. The van der Waals surface area contributed by atoms with E-state index < -0.39 is 10.0 Å². The molecule has 1 aromatic heterocycles. The van der Waals surface area contributed by atoms with Crippen molar-refractivity contribution in [2.45, 2.75) is 24.0 Å². The minimum atomic E-state index is -3.51. The Kier molecular flexibility index (Phi) is 6.97. The van der Waals surface area contributed by atoms with Crippen LogP contribution < -0.4 is 0 Å². The number of sulfonamides is 1. The van der Waals surface area contributed by atoms with Crippen LogP contribution >= 0.6 is 23.1 Å². The third-order valence-electron chi connectivity index (χ3n) is 4.52.